The standard InChI is InChI=1S/C12H20BrN3O/c1-4-5-12(17)7-16(8-12)6-10-11(13)9(2)14-15(10)3/h17H,4-8H2,1-3H3. The van der Waals surface area contributed by atoms with Gasteiger partial charge in [0.25, 0.3) is 0 Å². The third-order valence-electron chi connectivity index (χ3n) is 3.39. The number of aromatic nitrogens is 2. The summed E-state index contributed by atoms with van der Waals surface area (Å²) < 4.78 is 3.00. The molecule has 0 saturated carbocycles. The number of rotatable bonds is 4. The first-order valence-corrected chi connectivity index (χ1v) is 6.87. The molecule has 4 nitrogen and oxygen atoms in total. The van der Waals surface area contributed by atoms with E-state index in [4.69, 9.17) is 0 Å². The number of β-amino-alcohol motifs (C(OH)–C–C–N with tert-alkyl or cyclic N) is 1. The van der Waals surface area contributed by atoms with Crippen LogP contribution in [0.4, 0.5) is 0 Å². The quantitative estimate of drug-likeness (QED) is 0.923. The second-order valence-corrected chi connectivity index (χ2v) is 5.88. The molecule has 1 fully saturated rings. The molecule has 96 valence electrons. The largest absolute Gasteiger partial charge is 0.387 e. The van der Waals surface area contributed by atoms with Crippen molar-refractivity contribution in [1.82, 2.24) is 14.7 Å². The van der Waals surface area contributed by atoms with Gasteiger partial charge in [-0.15, -0.1) is 0 Å². The third-order valence-corrected chi connectivity index (χ3v) is 4.42. The molecule has 1 N–H and O–H groups in total. The molecule has 1 aliphatic rings. The summed E-state index contributed by atoms with van der Waals surface area (Å²) >= 11 is 3.57. The molecule has 2 heterocycles. The Bertz CT molecular complexity index is 410. The van der Waals surface area contributed by atoms with E-state index in [0.717, 1.165) is 42.6 Å². The maximum Gasteiger partial charge on any atom is 0.0900 e. The number of hydrogen-bond acceptors (Lipinski definition) is 3. The van der Waals surface area contributed by atoms with E-state index in [9.17, 15) is 5.11 Å². The first kappa shape index (κ1) is 13.1. The lowest BCUT2D eigenvalue weighted by atomic mass is 9.89. The van der Waals surface area contributed by atoms with Crippen LogP contribution in [-0.2, 0) is 13.6 Å². The Labute approximate surface area is 111 Å². The van der Waals surface area contributed by atoms with E-state index in [0.29, 0.717) is 0 Å². The molecule has 0 amide bonds. The number of nitrogens with zero attached hydrogens (tertiary/aromatic N) is 3. The van der Waals surface area contributed by atoms with Gasteiger partial charge in [-0.05, 0) is 29.3 Å². The van der Waals surface area contributed by atoms with E-state index < -0.39 is 5.60 Å². The molecule has 0 aliphatic carbocycles. The van der Waals surface area contributed by atoms with Crippen LogP contribution in [0, 0.1) is 6.92 Å². The maximum absolute atomic E-state index is 10.1. The zero-order valence-electron chi connectivity index (χ0n) is 10.7. The van der Waals surface area contributed by atoms with E-state index in [2.05, 4.69) is 32.9 Å². The van der Waals surface area contributed by atoms with Crippen LogP contribution < -0.4 is 0 Å². The number of aryl methyl sites for hydroxylation is 2. The van der Waals surface area contributed by atoms with Crippen molar-refractivity contribution in [3.05, 3.63) is 15.9 Å². The average molecular weight is 302 g/mol. The second kappa shape index (κ2) is 4.71. The van der Waals surface area contributed by atoms with Crippen molar-refractivity contribution in [1.29, 1.82) is 0 Å². The molecule has 0 spiro atoms. The van der Waals surface area contributed by atoms with Gasteiger partial charge < -0.3 is 5.11 Å². The normalized spacial score (nSPS) is 19.4. The van der Waals surface area contributed by atoms with Gasteiger partial charge in [0.2, 0.25) is 0 Å². The molecule has 1 aromatic rings. The van der Waals surface area contributed by atoms with Crippen molar-refractivity contribution in [2.24, 2.45) is 7.05 Å². The molecular weight excluding hydrogens is 282 g/mol. The molecule has 0 aromatic carbocycles. The van der Waals surface area contributed by atoms with Crippen LogP contribution >= 0.6 is 15.9 Å². The molecule has 1 aliphatic heterocycles. The maximum atomic E-state index is 10.1. The highest BCUT2D eigenvalue weighted by Gasteiger charge is 2.40. The topological polar surface area (TPSA) is 41.3 Å². The molecule has 17 heavy (non-hydrogen) atoms. The van der Waals surface area contributed by atoms with Crippen molar-refractivity contribution in [2.75, 3.05) is 13.1 Å². The Balaban J connectivity index is 1.96. The first-order valence-electron chi connectivity index (χ1n) is 6.08. The minimum Gasteiger partial charge on any atom is -0.387 e. The molecule has 5 heteroatoms. The zero-order chi connectivity index (χ0) is 12.6. The lowest BCUT2D eigenvalue weighted by molar-refractivity contribution is -0.107. The summed E-state index contributed by atoms with van der Waals surface area (Å²) in [6, 6.07) is 0. The summed E-state index contributed by atoms with van der Waals surface area (Å²) in [5, 5.41) is 14.5. The van der Waals surface area contributed by atoms with Crippen molar-refractivity contribution in [3.8, 4) is 0 Å². The summed E-state index contributed by atoms with van der Waals surface area (Å²) in [7, 11) is 1.96. The van der Waals surface area contributed by atoms with Crippen molar-refractivity contribution in [3.63, 3.8) is 0 Å². The third kappa shape index (κ3) is 2.56. The van der Waals surface area contributed by atoms with E-state index >= 15 is 0 Å². The summed E-state index contributed by atoms with van der Waals surface area (Å²) in [5.41, 5.74) is 1.75. The van der Waals surface area contributed by atoms with Gasteiger partial charge >= 0.3 is 0 Å². The van der Waals surface area contributed by atoms with Crippen LogP contribution in [0.5, 0.6) is 0 Å². The first-order chi connectivity index (χ1) is 7.95. The fourth-order valence-corrected chi connectivity index (χ4v) is 3.05. The monoisotopic (exact) mass is 301 g/mol. The van der Waals surface area contributed by atoms with Gasteiger partial charge in [0.15, 0.2) is 0 Å². The van der Waals surface area contributed by atoms with Crippen LogP contribution in [0.15, 0.2) is 4.47 Å². The van der Waals surface area contributed by atoms with Crippen molar-refractivity contribution < 1.29 is 5.11 Å². The molecular formula is C12H20BrN3O. The van der Waals surface area contributed by atoms with Crippen LogP contribution in [0.3, 0.4) is 0 Å². The highest BCUT2D eigenvalue weighted by Crippen LogP contribution is 2.29. The Morgan fingerprint density at radius 3 is 2.59 bits per heavy atom. The fraction of sp³-hybridized carbons (Fsp3) is 0.750. The van der Waals surface area contributed by atoms with E-state index in [1.165, 1.54) is 5.69 Å². The second-order valence-electron chi connectivity index (χ2n) is 5.09. The number of halogens is 1. The van der Waals surface area contributed by atoms with E-state index in [1.54, 1.807) is 0 Å². The predicted molar refractivity (Wildman–Crippen MR) is 70.8 cm³/mol. The van der Waals surface area contributed by atoms with Crippen LogP contribution in [-0.4, -0.2) is 38.5 Å². The summed E-state index contributed by atoms with van der Waals surface area (Å²) in [6.45, 7) is 6.51. The van der Waals surface area contributed by atoms with E-state index in [1.807, 2.05) is 18.7 Å². The lowest BCUT2D eigenvalue weighted by Gasteiger charge is -2.46. The van der Waals surface area contributed by atoms with Gasteiger partial charge in [0.05, 0.1) is 21.5 Å². The van der Waals surface area contributed by atoms with Gasteiger partial charge in [-0.3, -0.25) is 9.58 Å². The van der Waals surface area contributed by atoms with Gasteiger partial charge in [0.1, 0.15) is 0 Å². The van der Waals surface area contributed by atoms with Crippen LogP contribution in [0.2, 0.25) is 0 Å². The smallest absolute Gasteiger partial charge is 0.0900 e. The molecule has 2 rings (SSSR count). The Hall–Kier alpha value is -0.390. The van der Waals surface area contributed by atoms with Crippen molar-refractivity contribution >= 4 is 15.9 Å². The summed E-state index contributed by atoms with van der Waals surface area (Å²) in [6.07, 6.45) is 1.94. The fourth-order valence-electron chi connectivity index (χ4n) is 2.59. The van der Waals surface area contributed by atoms with E-state index in [-0.39, 0.29) is 0 Å². The van der Waals surface area contributed by atoms with Crippen LogP contribution in [0.1, 0.15) is 31.2 Å². The highest BCUT2D eigenvalue weighted by molar-refractivity contribution is 9.10. The van der Waals surface area contributed by atoms with Gasteiger partial charge in [-0.25, -0.2) is 0 Å². The summed E-state index contributed by atoms with van der Waals surface area (Å²) in [4.78, 5) is 2.26. The number of likely N-dealkylation sites (tertiary alicyclic amines) is 1. The highest BCUT2D eigenvalue weighted by atomic mass is 79.9. The number of hydrogen-bond donors (Lipinski definition) is 1. The summed E-state index contributed by atoms with van der Waals surface area (Å²) in [5.74, 6) is 0. The Morgan fingerprint density at radius 2 is 2.12 bits per heavy atom. The molecule has 1 saturated heterocycles. The van der Waals surface area contributed by atoms with Gasteiger partial charge in [-0.2, -0.15) is 5.10 Å². The van der Waals surface area contributed by atoms with Gasteiger partial charge in [0, 0.05) is 26.7 Å². The minimum absolute atomic E-state index is 0.450. The van der Waals surface area contributed by atoms with Crippen molar-refractivity contribution in [2.45, 2.75) is 38.8 Å². The SMILES string of the molecule is CCCC1(O)CN(Cc2c(Br)c(C)nn2C)C1. The molecule has 0 unspecified atom stereocenters. The number of aliphatic hydroxyl groups is 1. The Kier molecular flexibility index (Phi) is 3.61. The Morgan fingerprint density at radius 1 is 1.47 bits per heavy atom. The molecule has 0 bridgehead atoms. The molecule has 1 aromatic heterocycles. The molecule has 0 radical (unpaired) electrons. The van der Waals surface area contributed by atoms with Gasteiger partial charge in [-0.1, -0.05) is 13.3 Å². The predicted octanol–water partition coefficient (Wildman–Crippen LogP) is 1.84. The minimum atomic E-state index is -0.450. The van der Waals surface area contributed by atoms with Crippen LogP contribution in [0.25, 0.3) is 0 Å². The lowest BCUT2D eigenvalue weighted by Crippen LogP contribution is -2.61. The zero-order valence-corrected chi connectivity index (χ0v) is 12.3. The average Bonchev–Trinajstić information content (AvgIpc) is 2.43. The molecule has 0 atom stereocenters.